The van der Waals surface area contributed by atoms with Gasteiger partial charge in [-0.1, -0.05) is 0 Å². The highest BCUT2D eigenvalue weighted by atomic mass is 16.5. The van der Waals surface area contributed by atoms with E-state index < -0.39 is 0 Å². The zero-order valence-electron chi connectivity index (χ0n) is 13.3. The standard InChI is InChI=1S/C15H30N4O3/c16-15(14-10-22-6-3-19-14)12(13-9-21-5-2-18-13)7-11-8-20-4-1-17-11/h11-15,17-19H,1-10,16H2. The first-order valence-electron chi connectivity index (χ1n) is 8.53. The van der Waals surface area contributed by atoms with Crippen LogP contribution in [0.25, 0.3) is 0 Å². The smallest absolute Gasteiger partial charge is 0.0635 e. The molecular formula is C15H30N4O3. The van der Waals surface area contributed by atoms with Crippen LogP contribution >= 0.6 is 0 Å². The van der Waals surface area contributed by atoms with Gasteiger partial charge in [0.2, 0.25) is 0 Å². The van der Waals surface area contributed by atoms with Gasteiger partial charge in [0.15, 0.2) is 0 Å². The van der Waals surface area contributed by atoms with E-state index in [1.54, 1.807) is 0 Å². The lowest BCUT2D eigenvalue weighted by molar-refractivity contribution is 0.0148. The summed E-state index contributed by atoms with van der Waals surface area (Å²) < 4.78 is 16.9. The van der Waals surface area contributed by atoms with E-state index in [0.717, 1.165) is 59.1 Å². The molecule has 22 heavy (non-hydrogen) atoms. The Kier molecular flexibility index (Phi) is 6.43. The average molecular weight is 314 g/mol. The van der Waals surface area contributed by atoms with Crippen LogP contribution in [-0.4, -0.2) is 83.4 Å². The third kappa shape index (κ3) is 4.38. The normalized spacial score (nSPS) is 36.7. The minimum atomic E-state index is 0.0447. The van der Waals surface area contributed by atoms with Crippen LogP contribution in [0.15, 0.2) is 0 Å². The molecule has 0 aromatic rings. The molecule has 5 N–H and O–H groups in total. The van der Waals surface area contributed by atoms with E-state index >= 15 is 0 Å². The fourth-order valence-electron chi connectivity index (χ4n) is 3.68. The summed E-state index contributed by atoms with van der Waals surface area (Å²) in [5.41, 5.74) is 6.63. The van der Waals surface area contributed by atoms with Crippen molar-refractivity contribution in [2.24, 2.45) is 11.7 Å². The number of nitrogens with one attached hydrogen (secondary N) is 3. The summed E-state index contributed by atoms with van der Waals surface area (Å²) in [6, 6.07) is 0.935. The Hall–Kier alpha value is -0.280. The lowest BCUT2D eigenvalue weighted by atomic mass is 9.82. The van der Waals surface area contributed by atoms with Gasteiger partial charge >= 0.3 is 0 Å². The molecule has 0 aliphatic carbocycles. The molecule has 0 aromatic heterocycles. The van der Waals surface area contributed by atoms with Gasteiger partial charge in [-0.3, -0.25) is 0 Å². The fraction of sp³-hybridized carbons (Fsp3) is 1.00. The number of morpholine rings is 3. The Labute approximate surface area is 132 Å². The summed E-state index contributed by atoms with van der Waals surface area (Å²) in [5.74, 6) is 0.332. The van der Waals surface area contributed by atoms with E-state index in [1.807, 2.05) is 0 Å². The maximum absolute atomic E-state index is 6.63. The monoisotopic (exact) mass is 314 g/mol. The minimum Gasteiger partial charge on any atom is -0.379 e. The maximum Gasteiger partial charge on any atom is 0.0635 e. The van der Waals surface area contributed by atoms with Gasteiger partial charge in [-0.25, -0.2) is 0 Å². The Morgan fingerprint density at radius 1 is 0.818 bits per heavy atom. The zero-order chi connectivity index (χ0) is 15.2. The lowest BCUT2D eigenvalue weighted by Gasteiger charge is -2.41. The van der Waals surface area contributed by atoms with Gasteiger partial charge in [0.25, 0.3) is 0 Å². The molecule has 0 saturated carbocycles. The van der Waals surface area contributed by atoms with E-state index in [4.69, 9.17) is 19.9 Å². The Morgan fingerprint density at radius 3 is 1.95 bits per heavy atom. The molecule has 0 spiro atoms. The van der Waals surface area contributed by atoms with Gasteiger partial charge < -0.3 is 35.9 Å². The van der Waals surface area contributed by atoms with E-state index in [9.17, 15) is 0 Å². The number of hydrogen-bond acceptors (Lipinski definition) is 7. The van der Waals surface area contributed by atoms with Crippen LogP contribution in [0.1, 0.15) is 6.42 Å². The SMILES string of the molecule is NC(C1COCCN1)C(CC1COCCN1)C1COCCN1. The second kappa shape index (κ2) is 8.54. The topological polar surface area (TPSA) is 89.8 Å². The van der Waals surface area contributed by atoms with Crippen molar-refractivity contribution in [1.29, 1.82) is 0 Å². The molecule has 3 rings (SSSR count). The van der Waals surface area contributed by atoms with Crippen molar-refractivity contribution in [3.8, 4) is 0 Å². The highest BCUT2D eigenvalue weighted by Gasteiger charge is 2.36. The average Bonchev–Trinajstić information content (AvgIpc) is 2.61. The Balaban J connectivity index is 1.63. The van der Waals surface area contributed by atoms with Crippen LogP contribution in [0.3, 0.4) is 0 Å². The van der Waals surface area contributed by atoms with E-state index in [2.05, 4.69) is 16.0 Å². The van der Waals surface area contributed by atoms with Gasteiger partial charge in [-0.2, -0.15) is 0 Å². The van der Waals surface area contributed by atoms with Crippen molar-refractivity contribution < 1.29 is 14.2 Å². The minimum absolute atomic E-state index is 0.0447. The van der Waals surface area contributed by atoms with Crippen molar-refractivity contribution in [1.82, 2.24) is 16.0 Å². The van der Waals surface area contributed by atoms with Crippen molar-refractivity contribution in [2.45, 2.75) is 30.6 Å². The van der Waals surface area contributed by atoms with E-state index in [-0.39, 0.29) is 12.1 Å². The fourth-order valence-corrected chi connectivity index (χ4v) is 3.68. The molecule has 0 amide bonds. The van der Waals surface area contributed by atoms with Crippen LogP contribution in [0.4, 0.5) is 0 Å². The molecule has 3 saturated heterocycles. The molecular weight excluding hydrogens is 284 g/mol. The molecule has 3 fully saturated rings. The predicted octanol–water partition coefficient (Wildman–Crippen LogP) is -1.71. The van der Waals surface area contributed by atoms with Crippen molar-refractivity contribution >= 4 is 0 Å². The predicted molar refractivity (Wildman–Crippen MR) is 83.9 cm³/mol. The Morgan fingerprint density at radius 2 is 1.41 bits per heavy atom. The van der Waals surface area contributed by atoms with Gasteiger partial charge in [0, 0.05) is 43.8 Å². The molecule has 0 bridgehead atoms. The third-order valence-electron chi connectivity index (χ3n) is 4.93. The van der Waals surface area contributed by atoms with Crippen molar-refractivity contribution in [3.63, 3.8) is 0 Å². The molecule has 3 aliphatic heterocycles. The second-order valence-electron chi connectivity index (χ2n) is 6.47. The number of ether oxygens (including phenoxy) is 3. The van der Waals surface area contributed by atoms with Crippen LogP contribution in [0.5, 0.6) is 0 Å². The highest BCUT2D eigenvalue weighted by Crippen LogP contribution is 2.21. The summed E-state index contributed by atoms with van der Waals surface area (Å²) in [4.78, 5) is 0. The van der Waals surface area contributed by atoms with Gasteiger partial charge in [0.05, 0.1) is 39.6 Å². The summed E-state index contributed by atoms with van der Waals surface area (Å²) in [5, 5.41) is 10.6. The van der Waals surface area contributed by atoms with Gasteiger partial charge in [0.1, 0.15) is 0 Å². The molecule has 5 atom stereocenters. The first-order chi connectivity index (χ1) is 10.8. The van der Waals surface area contributed by atoms with Crippen LogP contribution in [-0.2, 0) is 14.2 Å². The highest BCUT2D eigenvalue weighted by molar-refractivity contribution is 4.95. The first-order valence-corrected chi connectivity index (χ1v) is 8.53. The lowest BCUT2D eigenvalue weighted by Crippen LogP contribution is -2.61. The molecule has 3 aliphatic rings. The molecule has 3 heterocycles. The van der Waals surface area contributed by atoms with Crippen LogP contribution in [0.2, 0.25) is 0 Å². The van der Waals surface area contributed by atoms with Crippen molar-refractivity contribution in [2.75, 3.05) is 59.3 Å². The summed E-state index contributed by atoms with van der Waals surface area (Å²) in [6.45, 7) is 7.26. The maximum atomic E-state index is 6.63. The number of rotatable bonds is 5. The third-order valence-corrected chi connectivity index (χ3v) is 4.93. The largest absolute Gasteiger partial charge is 0.379 e. The van der Waals surface area contributed by atoms with Crippen LogP contribution < -0.4 is 21.7 Å². The van der Waals surface area contributed by atoms with Gasteiger partial charge in [-0.15, -0.1) is 0 Å². The Bertz CT molecular complexity index is 316. The summed E-state index contributed by atoms with van der Waals surface area (Å²) in [7, 11) is 0. The molecule has 0 radical (unpaired) electrons. The first kappa shape index (κ1) is 16.6. The molecule has 128 valence electrons. The van der Waals surface area contributed by atoms with E-state index in [1.165, 1.54) is 0 Å². The molecule has 7 nitrogen and oxygen atoms in total. The second-order valence-corrected chi connectivity index (χ2v) is 6.47. The summed E-state index contributed by atoms with van der Waals surface area (Å²) >= 11 is 0. The molecule has 7 heteroatoms. The van der Waals surface area contributed by atoms with Gasteiger partial charge in [-0.05, 0) is 12.3 Å². The van der Waals surface area contributed by atoms with Crippen molar-refractivity contribution in [3.05, 3.63) is 0 Å². The summed E-state index contributed by atoms with van der Waals surface area (Å²) in [6.07, 6.45) is 1.00. The number of hydrogen-bond donors (Lipinski definition) is 4. The van der Waals surface area contributed by atoms with Crippen LogP contribution in [0, 0.1) is 5.92 Å². The number of nitrogens with two attached hydrogens (primary N) is 1. The zero-order valence-corrected chi connectivity index (χ0v) is 13.3. The van der Waals surface area contributed by atoms with E-state index in [0.29, 0.717) is 24.6 Å². The quantitative estimate of drug-likeness (QED) is 0.480. The molecule has 0 aromatic carbocycles. The molecule has 5 unspecified atom stereocenters.